The topological polar surface area (TPSA) is 55.6 Å². The highest BCUT2D eigenvalue weighted by atomic mass is 127. The number of hydrogen-bond acceptors (Lipinski definition) is 4. The van der Waals surface area contributed by atoms with Crippen LogP contribution in [0.25, 0.3) is 0 Å². The molecule has 2 N–H and O–H groups in total. The van der Waals surface area contributed by atoms with Gasteiger partial charge in [-0.1, -0.05) is 6.58 Å². The van der Waals surface area contributed by atoms with Gasteiger partial charge in [-0.05, 0) is 21.1 Å². The number of nitrogens with zero attached hydrogens (tertiary/aromatic N) is 1. The van der Waals surface area contributed by atoms with Crippen molar-refractivity contribution in [2.24, 2.45) is 5.73 Å². The van der Waals surface area contributed by atoms with Gasteiger partial charge in [0.2, 0.25) is 0 Å². The van der Waals surface area contributed by atoms with Crippen LogP contribution in [0.1, 0.15) is 0 Å². The summed E-state index contributed by atoms with van der Waals surface area (Å²) < 4.78 is 4.46. The van der Waals surface area contributed by atoms with Crippen LogP contribution in [0.5, 0.6) is 0 Å². The van der Waals surface area contributed by atoms with Gasteiger partial charge in [0.15, 0.2) is 0 Å². The maximum atomic E-state index is 10.2. The van der Waals surface area contributed by atoms with Crippen molar-refractivity contribution < 1.29 is 9.53 Å². The quantitative estimate of drug-likeness (QED) is 0.468. The van der Waals surface area contributed by atoms with E-state index in [1.54, 1.807) is 0 Å². The second-order valence-electron chi connectivity index (χ2n) is 2.50. The molecular weight excluding hydrogens is 283 g/mol. The van der Waals surface area contributed by atoms with Gasteiger partial charge in [0.05, 0.1) is 0 Å². The van der Waals surface area contributed by atoms with Crippen molar-refractivity contribution in [2.45, 2.75) is 0 Å². The standard InChI is InChI=1S/C5H9NO2.C3H9N.HI/c1-2-5(7)8-4-3-6;1-4(2)3;/h2H,1,3-4,6H2;1-3H3;1H. The highest BCUT2D eigenvalue weighted by molar-refractivity contribution is 14.0. The molecule has 0 radical (unpaired) electrons. The zero-order chi connectivity index (χ0) is 9.98. The smallest absolute Gasteiger partial charge is 0.330 e. The van der Waals surface area contributed by atoms with Gasteiger partial charge >= 0.3 is 5.97 Å². The molecule has 0 saturated heterocycles. The maximum Gasteiger partial charge on any atom is 0.330 e. The van der Waals surface area contributed by atoms with Crippen LogP contribution in [-0.2, 0) is 9.53 Å². The first-order valence-electron chi connectivity index (χ1n) is 3.64. The van der Waals surface area contributed by atoms with Crippen LogP contribution < -0.4 is 5.73 Å². The highest BCUT2D eigenvalue weighted by Gasteiger charge is 1.89. The molecule has 13 heavy (non-hydrogen) atoms. The zero-order valence-corrected chi connectivity index (χ0v) is 10.8. The minimum Gasteiger partial charge on any atom is -0.461 e. The normalized spacial score (nSPS) is 7.77. The molecule has 0 atom stereocenters. The predicted molar refractivity (Wildman–Crippen MR) is 65.2 cm³/mol. The molecule has 0 fully saturated rings. The summed E-state index contributed by atoms with van der Waals surface area (Å²) in [4.78, 5) is 12.2. The summed E-state index contributed by atoms with van der Waals surface area (Å²) >= 11 is 0. The van der Waals surface area contributed by atoms with E-state index in [0.29, 0.717) is 6.54 Å². The largest absolute Gasteiger partial charge is 0.461 e. The first kappa shape index (κ1) is 18.6. The van der Waals surface area contributed by atoms with E-state index >= 15 is 0 Å². The van der Waals surface area contributed by atoms with Crippen molar-refractivity contribution in [3.8, 4) is 0 Å². The molecule has 0 amide bonds. The Balaban J connectivity index is -0.000000173. The Bertz CT molecular complexity index is 127. The van der Waals surface area contributed by atoms with E-state index in [1.807, 2.05) is 26.0 Å². The Labute approximate surface area is 97.1 Å². The van der Waals surface area contributed by atoms with Crippen LogP contribution >= 0.6 is 24.0 Å². The zero-order valence-electron chi connectivity index (χ0n) is 8.45. The van der Waals surface area contributed by atoms with Crippen molar-refractivity contribution in [3.05, 3.63) is 12.7 Å². The molecule has 5 heteroatoms. The van der Waals surface area contributed by atoms with E-state index in [1.165, 1.54) is 0 Å². The van der Waals surface area contributed by atoms with Crippen LogP contribution in [-0.4, -0.2) is 45.2 Å². The SMILES string of the molecule is C=CC(=O)OCCN.CN(C)C.I. The number of rotatable bonds is 3. The Kier molecular flexibility index (Phi) is 20.6. The number of carbonyl (C=O) groups excluding carboxylic acids is 1. The van der Waals surface area contributed by atoms with Crippen LogP contribution in [0.4, 0.5) is 0 Å². The van der Waals surface area contributed by atoms with Gasteiger partial charge in [0.25, 0.3) is 0 Å². The van der Waals surface area contributed by atoms with E-state index in [0.717, 1.165) is 6.08 Å². The average molecular weight is 302 g/mol. The molecule has 0 rings (SSSR count). The van der Waals surface area contributed by atoms with E-state index in [2.05, 4.69) is 11.3 Å². The summed E-state index contributed by atoms with van der Waals surface area (Å²) in [5.74, 6) is -0.421. The van der Waals surface area contributed by atoms with Gasteiger partial charge < -0.3 is 15.4 Å². The molecule has 0 aliphatic heterocycles. The number of ether oxygens (including phenoxy) is 1. The lowest BCUT2D eigenvalue weighted by molar-refractivity contribution is -0.137. The molecular formula is C8H19IN2O2. The maximum absolute atomic E-state index is 10.2. The van der Waals surface area contributed by atoms with Crippen molar-refractivity contribution in [1.82, 2.24) is 4.90 Å². The summed E-state index contributed by atoms with van der Waals surface area (Å²) in [6.45, 7) is 3.83. The lowest BCUT2D eigenvalue weighted by Gasteiger charge is -1.94. The molecule has 0 saturated carbocycles. The first-order chi connectivity index (χ1) is 5.54. The molecule has 0 bridgehead atoms. The number of nitrogens with two attached hydrogens (primary N) is 1. The molecule has 4 nitrogen and oxygen atoms in total. The fourth-order valence-electron chi connectivity index (χ4n) is 0.218. The Morgan fingerprint density at radius 3 is 2.15 bits per heavy atom. The summed E-state index contributed by atoms with van der Waals surface area (Å²) in [5, 5.41) is 0. The molecule has 0 unspecified atom stereocenters. The van der Waals surface area contributed by atoms with E-state index in [4.69, 9.17) is 5.73 Å². The third-order valence-corrected chi connectivity index (χ3v) is 0.529. The molecule has 80 valence electrons. The van der Waals surface area contributed by atoms with Gasteiger partial charge in [0.1, 0.15) is 6.61 Å². The van der Waals surface area contributed by atoms with E-state index in [9.17, 15) is 4.79 Å². The molecule has 0 aliphatic carbocycles. The second-order valence-corrected chi connectivity index (χ2v) is 2.50. The Morgan fingerprint density at radius 1 is 1.54 bits per heavy atom. The number of carbonyl (C=O) groups is 1. The van der Waals surface area contributed by atoms with Crippen molar-refractivity contribution in [1.29, 1.82) is 0 Å². The highest BCUT2D eigenvalue weighted by Crippen LogP contribution is 1.74. The number of halogens is 1. The fraction of sp³-hybridized carbons (Fsp3) is 0.625. The summed E-state index contributed by atoms with van der Waals surface area (Å²) in [6.07, 6.45) is 1.11. The molecule has 0 aliphatic rings. The van der Waals surface area contributed by atoms with Crippen LogP contribution in [0.2, 0.25) is 0 Å². The minimum atomic E-state index is -0.421. The lowest BCUT2D eigenvalue weighted by atomic mass is 10.6. The first-order valence-corrected chi connectivity index (χ1v) is 3.64. The number of hydrogen-bond donors (Lipinski definition) is 1. The Morgan fingerprint density at radius 2 is 1.92 bits per heavy atom. The lowest BCUT2D eigenvalue weighted by Crippen LogP contribution is -2.11. The van der Waals surface area contributed by atoms with E-state index in [-0.39, 0.29) is 30.6 Å². The average Bonchev–Trinajstić information content (AvgIpc) is 1.99. The van der Waals surface area contributed by atoms with Crippen molar-refractivity contribution in [2.75, 3.05) is 34.3 Å². The predicted octanol–water partition coefficient (Wildman–Crippen LogP) is 0.470. The summed E-state index contributed by atoms with van der Waals surface area (Å²) in [6, 6.07) is 0. The van der Waals surface area contributed by atoms with E-state index < -0.39 is 5.97 Å². The third kappa shape index (κ3) is 33.6. The van der Waals surface area contributed by atoms with Gasteiger partial charge in [0, 0.05) is 12.6 Å². The molecule has 0 aromatic carbocycles. The summed E-state index contributed by atoms with van der Waals surface area (Å²) in [7, 11) is 6.00. The van der Waals surface area contributed by atoms with Gasteiger partial charge in [-0.2, -0.15) is 0 Å². The van der Waals surface area contributed by atoms with Crippen molar-refractivity contribution >= 4 is 29.9 Å². The molecule has 0 aromatic heterocycles. The van der Waals surface area contributed by atoms with Gasteiger partial charge in [-0.15, -0.1) is 24.0 Å². The molecule has 0 aromatic rings. The molecule has 0 heterocycles. The monoisotopic (exact) mass is 302 g/mol. The van der Waals surface area contributed by atoms with Gasteiger partial charge in [-0.25, -0.2) is 4.79 Å². The van der Waals surface area contributed by atoms with Gasteiger partial charge in [-0.3, -0.25) is 0 Å². The molecule has 0 spiro atoms. The van der Waals surface area contributed by atoms with Crippen LogP contribution in [0.3, 0.4) is 0 Å². The number of esters is 1. The van der Waals surface area contributed by atoms with Crippen molar-refractivity contribution in [3.63, 3.8) is 0 Å². The van der Waals surface area contributed by atoms with Crippen LogP contribution in [0, 0.1) is 0 Å². The third-order valence-electron chi connectivity index (χ3n) is 0.529. The summed E-state index contributed by atoms with van der Waals surface area (Å²) in [5.41, 5.74) is 5.02. The Hall–Kier alpha value is -0.140. The second kappa shape index (κ2) is 14.4. The van der Waals surface area contributed by atoms with Crippen LogP contribution in [0.15, 0.2) is 12.7 Å². The minimum absolute atomic E-state index is 0. The fourth-order valence-corrected chi connectivity index (χ4v) is 0.218.